The minimum atomic E-state index is -0.300. The van der Waals surface area contributed by atoms with Gasteiger partial charge >= 0.3 is 0 Å². The van der Waals surface area contributed by atoms with Gasteiger partial charge in [0.15, 0.2) is 0 Å². The van der Waals surface area contributed by atoms with Crippen molar-refractivity contribution in [1.29, 1.82) is 0 Å². The second-order valence-electron chi connectivity index (χ2n) is 5.05. The van der Waals surface area contributed by atoms with Gasteiger partial charge in [0.25, 0.3) is 5.91 Å². The van der Waals surface area contributed by atoms with Crippen molar-refractivity contribution in [2.75, 3.05) is 17.2 Å². The number of hydrogen-bond acceptors (Lipinski definition) is 2. The first-order valence-corrected chi connectivity index (χ1v) is 8.19. The van der Waals surface area contributed by atoms with E-state index in [1.807, 2.05) is 24.3 Å². The number of nitrogens with zero attached hydrogens (tertiary/aromatic N) is 1. The maximum absolute atomic E-state index is 13.2. The summed E-state index contributed by atoms with van der Waals surface area (Å²) >= 11 is 1.78. The van der Waals surface area contributed by atoms with Crippen LogP contribution in [0.2, 0.25) is 0 Å². The van der Waals surface area contributed by atoms with Crippen molar-refractivity contribution in [3.63, 3.8) is 0 Å². The molecule has 0 saturated carbocycles. The lowest BCUT2D eigenvalue weighted by atomic mass is 10.2. The maximum atomic E-state index is 13.2. The van der Waals surface area contributed by atoms with E-state index in [0.717, 1.165) is 22.8 Å². The number of benzene rings is 2. The molecular formula is C18H16FNOS. The summed E-state index contributed by atoms with van der Waals surface area (Å²) in [7, 11) is 0. The molecule has 0 unspecified atom stereocenters. The first-order chi connectivity index (χ1) is 10.7. The zero-order chi connectivity index (χ0) is 15.4. The van der Waals surface area contributed by atoms with Crippen LogP contribution in [0.15, 0.2) is 59.5 Å². The van der Waals surface area contributed by atoms with Crippen LogP contribution in [0.25, 0.3) is 6.08 Å². The van der Waals surface area contributed by atoms with Crippen molar-refractivity contribution in [3.8, 4) is 0 Å². The van der Waals surface area contributed by atoms with Gasteiger partial charge in [0.1, 0.15) is 5.82 Å². The Bertz CT molecular complexity index is 714. The highest BCUT2D eigenvalue weighted by atomic mass is 32.2. The highest BCUT2D eigenvalue weighted by molar-refractivity contribution is 7.99. The van der Waals surface area contributed by atoms with Crippen molar-refractivity contribution in [1.82, 2.24) is 0 Å². The number of thioether (sulfide) groups is 1. The summed E-state index contributed by atoms with van der Waals surface area (Å²) in [4.78, 5) is 15.4. The number of fused-ring (bicyclic) bond motifs is 1. The molecule has 0 radical (unpaired) electrons. The van der Waals surface area contributed by atoms with Crippen LogP contribution in [0.4, 0.5) is 10.1 Å². The fraction of sp³-hybridized carbons (Fsp3) is 0.167. The lowest BCUT2D eigenvalue weighted by Crippen LogP contribution is -2.30. The molecule has 3 rings (SSSR count). The molecule has 0 bridgehead atoms. The van der Waals surface area contributed by atoms with Crippen LogP contribution in [0, 0.1) is 5.82 Å². The molecule has 2 nitrogen and oxygen atoms in total. The van der Waals surface area contributed by atoms with E-state index in [4.69, 9.17) is 0 Å². The summed E-state index contributed by atoms with van der Waals surface area (Å²) in [5.74, 6) is 0.638. The van der Waals surface area contributed by atoms with Crippen molar-refractivity contribution in [2.45, 2.75) is 11.3 Å². The molecule has 2 aromatic rings. The smallest absolute Gasteiger partial charge is 0.251 e. The predicted octanol–water partition coefficient (Wildman–Crippen LogP) is 4.37. The van der Waals surface area contributed by atoms with E-state index in [-0.39, 0.29) is 11.7 Å². The van der Waals surface area contributed by atoms with Crippen LogP contribution in [-0.2, 0) is 4.79 Å². The van der Waals surface area contributed by atoms with Gasteiger partial charge < -0.3 is 4.90 Å². The molecule has 0 fully saturated rings. The van der Waals surface area contributed by atoms with Crippen LogP contribution in [0.5, 0.6) is 0 Å². The topological polar surface area (TPSA) is 20.3 Å². The van der Waals surface area contributed by atoms with Crippen LogP contribution in [-0.4, -0.2) is 18.2 Å². The van der Waals surface area contributed by atoms with E-state index in [9.17, 15) is 9.18 Å². The van der Waals surface area contributed by atoms with Crippen LogP contribution < -0.4 is 4.90 Å². The van der Waals surface area contributed by atoms with E-state index in [0.29, 0.717) is 12.1 Å². The van der Waals surface area contributed by atoms with E-state index in [2.05, 4.69) is 0 Å². The number of anilines is 1. The molecule has 1 aliphatic rings. The van der Waals surface area contributed by atoms with Gasteiger partial charge in [0, 0.05) is 17.5 Å². The van der Waals surface area contributed by atoms with E-state index in [1.54, 1.807) is 34.9 Å². The Labute approximate surface area is 133 Å². The molecule has 0 saturated heterocycles. The van der Waals surface area contributed by atoms with E-state index < -0.39 is 0 Å². The van der Waals surface area contributed by atoms with Crippen LogP contribution >= 0.6 is 11.8 Å². The molecule has 1 aliphatic heterocycles. The molecule has 112 valence electrons. The number of carbonyl (C=O) groups excluding carboxylic acids is 1. The largest absolute Gasteiger partial charge is 0.308 e. The fourth-order valence-corrected chi connectivity index (χ4v) is 3.42. The van der Waals surface area contributed by atoms with Crippen LogP contribution in [0.1, 0.15) is 12.0 Å². The first-order valence-electron chi connectivity index (χ1n) is 7.21. The number of halogens is 1. The minimum absolute atomic E-state index is 0.0702. The summed E-state index contributed by atoms with van der Waals surface area (Å²) in [5.41, 5.74) is 1.64. The van der Waals surface area contributed by atoms with Crippen molar-refractivity contribution < 1.29 is 9.18 Å². The van der Waals surface area contributed by atoms with Crippen molar-refractivity contribution in [2.24, 2.45) is 0 Å². The average Bonchev–Trinajstić information content (AvgIpc) is 2.75. The van der Waals surface area contributed by atoms with Gasteiger partial charge in [-0.3, -0.25) is 4.79 Å². The van der Waals surface area contributed by atoms with Gasteiger partial charge in [-0.2, -0.15) is 0 Å². The molecule has 1 heterocycles. The third-order valence-corrected chi connectivity index (χ3v) is 4.62. The molecule has 2 aromatic carbocycles. The van der Waals surface area contributed by atoms with Gasteiger partial charge in [-0.05, 0) is 48.1 Å². The number of para-hydroxylation sites is 1. The lowest BCUT2D eigenvalue weighted by Gasteiger charge is -2.20. The lowest BCUT2D eigenvalue weighted by molar-refractivity contribution is -0.114. The van der Waals surface area contributed by atoms with E-state index >= 15 is 0 Å². The molecule has 4 heteroatoms. The maximum Gasteiger partial charge on any atom is 0.251 e. The molecule has 1 amide bonds. The number of hydrogen-bond donors (Lipinski definition) is 0. The SMILES string of the molecule is O=C(/C=C/c1cccc(F)c1)N1CCCSc2ccccc21. The van der Waals surface area contributed by atoms with Gasteiger partial charge in [-0.25, -0.2) is 4.39 Å². The van der Waals surface area contributed by atoms with E-state index in [1.165, 1.54) is 18.2 Å². The van der Waals surface area contributed by atoms with Crippen molar-refractivity contribution in [3.05, 3.63) is 66.0 Å². The Morgan fingerprint density at radius 3 is 2.91 bits per heavy atom. The monoisotopic (exact) mass is 313 g/mol. The second-order valence-corrected chi connectivity index (χ2v) is 6.18. The number of amides is 1. The summed E-state index contributed by atoms with van der Waals surface area (Å²) in [6, 6.07) is 14.2. The highest BCUT2D eigenvalue weighted by Gasteiger charge is 2.19. The Morgan fingerprint density at radius 2 is 2.05 bits per heavy atom. The van der Waals surface area contributed by atoms with Gasteiger partial charge in [-0.1, -0.05) is 24.3 Å². The molecule has 0 aliphatic carbocycles. The third-order valence-electron chi connectivity index (χ3n) is 3.47. The number of carbonyl (C=O) groups is 1. The normalized spacial score (nSPS) is 14.7. The molecule has 22 heavy (non-hydrogen) atoms. The minimum Gasteiger partial charge on any atom is -0.308 e. The average molecular weight is 313 g/mol. The Hall–Kier alpha value is -2.07. The predicted molar refractivity (Wildman–Crippen MR) is 89.6 cm³/mol. The summed E-state index contributed by atoms with van der Waals surface area (Å²) in [6.45, 7) is 0.705. The van der Waals surface area contributed by atoms with Gasteiger partial charge in [0.2, 0.25) is 0 Å². The Balaban J connectivity index is 1.83. The Morgan fingerprint density at radius 1 is 1.18 bits per heavy atom. The molecule has 0 N–H and O–H groups in total. The molecular weight excluding hydrogens is 297 g/mol. The zero-order valence-electron chi connectivity index (χ0n) is 12.0. The Kier molecular flexibility index (Phi) is 4.59. The third kappa shape index (κ3) is 3.39. The summed E-state index contributed by atoms with van der Waals surface area (Å²) in [6.07, 6.45) is 4.13. The second kappa shape index (κ2) is 6.79. The molecule has 0 atom stereocenters. The number of rotatable bonds is 2. The first kappa shape index (κ1) is 14.9. The summed E-state index contributed by atoms with van der Waals surface area (Å²) in [5, 5.41) is 0. The standard InChI is InChI=1S/C18H16FNOS/c19-15-6-3-5-14(13-15)9-10-18(21)20-11-4-12-22-17-8-2-1-7-16(17)20/h1-3,5-10,13H,4,11-12H2/b10-9+. The molecule has 0 aromatic heterocycles. The van der Waals surface area contributed by atoms with Crippen molar-refractivity contribution >= 4 is 29.4 Å². The fourth-order valence-electron chi connectivity index (χ4n) is 2.42. The highest BCUT2D eigenvalue weighted by Crippen LogP contribution is 2.33. The van der Waals surface area contributed by atoms with Crippen LogP contribution in [0.3, 0.4) is 0 Å². The summed E-state index contributed by atoms with van der Waals surface area (Å²) < 4.78 is 13.2. The van der Waals surface area contributed by atoms with Gasteiger partial charge in [0.05, 0.1) is 5.69 Å². The quantitative estimate of drug-likeness (QED) is 0.767. The van der Waals surface area contributed by atoms with Gasteiger partial charge in [-0.15, -0.1) is 11.8 Å². The molecule has 0 spiro atoms. The zero-order valence-corrected chi connectivity index (χ0v) is 12.9.